The fourth-order valence-corrected chi connectivity index (χ4v) is 1.41. The fourth-order valence-electron chi connectivity index (χ4n) is 1.41. The first-order valence-corrected chi connectivity index (χ1v) is 5.79. The van der Waals surface area contributed by atoms with Crippen LogP contribution in [0.1, 0.15) is 19.0 Å². The molecule has 0 radical (unpaired) electrons. The van der Waals surface area contributed by atoms with E-state index in [0.717, 1.165) is 18.7 Å². The lowest BCUT2D eigenvalue weighted by Gasteiger charge is -2.08. The zero-order valence-electron chi connectivity index (χ0n) is 10.2. The van der Waals surface area contributed by atoms with Gasteiger partial charge in [0.05, 0.1) is 6.54 Å². The number of nitrogens with zero attached hydrogens (tertiary/aromatic N) is 3. The monoisotopic (exact) mass is 248 g/mol. The van der Waals surface area contributed by atoms with Crippen LogP contribution in [0.5, 0.6) is 0 Å². The maximum atomic E-state index is 5.64. The van der Waals surface area contributed by atoms with Crippen molar-refractivity contribution in [3.63, 3.8) is 0 Å². The Morgan fingerprint density at radius 2 is 2.06 bits per heavy atom. The maximum absolute atomic E-state index is 5.64. The molecule has 0 saturated carbocycles. The Morgan fingerprint density at radius 3 is 2.72 bits per heavy atom. The lowest BCUT2D eigenvalue weighted by Crippen LogP contribution is -2.08. The predicted molar refractivity (Wildman–Crippen MR) is 69.1 cm³/mol. The Bertz CT molecular complexity index is 484. The highest BCUT2D eigenvalue weighted by atomic mass is 16.5. The van der Waals surface area contributed by atoms with Gasteiger partial charge in [-0.1, -0.05) is 12.1 Å². The van der Waals surface area contributed by atoms with Gasteiger partial charge in [-0.25, -0.2) is 0 Å². The lowest BCUT2D eigenvalue weighted by molar-refractivity contribution is 0.412. The van der Waals surface area contributed by atoms with Gasteiger partial charge < -0.3 is 20.9 Å². The van der Waals surface area contributed by atoms with E-state index in [1.807, 2.05) is 6.07 Å². The summed E-state index contributed by atoms with van der Waals surface area (Å²) in [5.74, 6) is 1.61. The highest BCUT2D eigenvalue weighted by Crippen LogP contribution is 2.13. The zero-order chi connectivity index (χ0) is 12.8. The molecule has 0 aromatic carbocycles. The first-order valence-electron chi connectivity index (χ1n) is 5.79. The second kappa shape index (κ2) is 5.85. The summed E-state index contributed by atoms with van der Waals surface area (Å²) in [5, 5.41) is 10.1. The van der Waals surface area contributed by atoms with Crippen LogP contribution in [0.2, 0.25) is 0 Å². The molecule has 2 aromatic rings. The van der Waals surface area contributed by atoms with Gasteiger partial charge in [0.15, 0.2) is 0 Å². The standard InChI is InChI=1S/C11H16N6O/c1-2-4-13-9-6-10(16-11(12)15-9)14-7-8-3-5-18-17-8/h3,5-6H,2,4,7H2,1H3,(H4,12,13,14,15,16). The number of nitrogens with two attached hydrogens (primary N) is 1. The van der Waals surface area contributed by atoms with Crippen molar-refractivity contribution in [3.05, 3.63) is 24.1 Å². The Balaban J connectivity index is 2.00. The molecule has 96 valence electrons. The molecular weight excluding hydrogens is 232 g/mol. The molecule has 2 heterocycles. The smallest absolute Gasteiger partial charge is 0.223 e. The molecule has 7 heteroatoms. The lowest BCUT2D eigenvalue weighted by atomic mass is 10.4. The van der Waals surface area contributed by atoms with Crippen molar-refractivity contribution in [2.24, 2.45) is 0 Å². The molecule has 0 atom stereocenters. The zero-order valence-corrected chi connectivity index (χ0v) is 10.2. The number of aromatic nitrogens is 3. The van der Waals surface area contributed by atoms with Crippen molar-refractivity contribution >= 4 is 17.6 Å². The minimum Gasteiger partial charge on any atom is -0.370 e. The van der Waals surface area contributed by atoms with Gasteiger partial charge in [-0.15, -0.1) is 0 Å². The van der Waals surface area contributed by atoms with E-state index < -0.39 is 0 Å². The van der Waals surface area contributed by atoms with E-state index in [9.17, 15) is 0 Å². The van der Waals surface area contributed by atoms with Gasteiger partial charge in [-0.3, -0.25) is 0 Å². The Morgan fingerprint density at radius 1 is 1.28 bits per heavy atom. The second-order valence-corrected chi connectivity index (χ2v) is 3.77. The summed E-state index contributed by atoms with van der Waals surface area (Å²) in [4.78, 5) is 8.20. The molecule has 0 aliphatic carbocycles. The van der Waals surface area contributed by atoms with Gasteiger partial charge in [0.2, 0.25) is 5.95 Å². The van der Waals surface area contributed by atoms with E-state index >= 15 is 0 Å². The molecule has 0 aliphatic rings. The van der Waals surface area contributed by atoms with Crippen LogP contribution in [0.15, 0.2) is 22.9 Å². The minimum absolute atomic E-state index is 0.235. The van der Waals surface area contributed by atoms with Crippen molar-refractivity contribution in [1.29, 1.82) is 0 Å². The Kier molecular flexibility index (Phi) is 3.95. The number of hydrogen-bond acceptors (Lipinski definition) is 7. The van der Waals surface area contributed by atoms with Crippen LogP contribution < -0.4 is 16.4 Å². The van der Waals surface area contributed by atoms with Crippen molar-refractivity contribution in [3.8, 4) is 0 Å². The van der Waals surface area contributed by atoms with Crippen LogP contribution in [0.25, 0.3) is 0 Å². The summed E-state index contributed by atoms with van der Waals surface area (Å²) in [6.07, 6.45) is 2.55. The molecule has 0 saturated heterocycles. The van der Waals surface area contributed by atoms with Gasteiger partial charge in [0.25, 0.3) is 0 Å². The molecule has 0 aliphatic heterocycles. The average Bonchev–Trinajstić information content (AvgIpc) is 2.86. The molecule has 2 rings (SSSR count). The van der Waals surface area contributed by atoms with Gasteiger partial charge in [0, 0.05) is 18.7 Å². The average molecular weight is 248 g/mol. The van der Waals surface area contributed by atoms with Crippen molar-refractivity contribution in [1.82, 2.24) is 15.1 Å². The molecule has 0 fully saturated rings. The minimum atomic E-state index is 0.235. The quantitative estimate of drug-likeness (QED) is 0.711. The molecular formula is C11H16N6O. The largest absolute Gasteiger partial charge is 0.370 e. The third kappa shape index (κ3) is 3.34. The molecule has 18 heavy (non-hydrogen) atoms. The number of rotatable bonds is 6. The van der Waals surface area contributed by atoms with Crippen LogP contribution in [0, 0.1) is 0 Å². The molecule has 0 bridgehead atoms. The molecule has 0 unspecified atom stereocenters. The van der Waals surface area contributed by atoms with E-state index in [-0.39, 0.29) is 5.95 Å². The van der Waals surface area contributed by atoms with Crippen molar-refractivity contribution in [2.45, 2.75) is 19.9 Å². The van der Waals surface area contributed by atoms with Gasteiger partial charge >= 0.3 is 0 Å². The summed E-state index contributed by atoms with van der Waals surface area (Å²) in [6, 6.07) is 3.60. The van der Waals surface area contributed by atoms with Crippen LogP contribution >= 0.6 is 0 Å². The number of nitrogens with one attached hydrogen (secondary N) is 2. The fraction of sp³-hybridized carbons (Fsp3) is 0.364. The predicted octanol–water partition coefficient (Wildman–Crippen LogP) is 1.48. The molecule has 7 nitrogen and oxygen atoms in total. The molecule has 0 spiro atoms. The normalized spacial score (nSPS) is 10.3. The van der Waals surface area contributed by atoms with Gasteiger partial charge in [-0.2, -0.15) is 9.97 Å². The van der Waals surface area contributed by atoms with E-state index in [1.54, 1.807) is 6.07 Å². The van der Waals surface area contributed by atoms with Crippen LogP contribution in [0.3, 0.4) is 0 Å². The summed E-state index contributed by atoms with van der Waals surface area (Å²) < 4.78 is 4.74. The van der Waals surface area contributed by atoms with Crippen LogP contribution in [-0.4, -0.2) is 21.7 Å². The van der Waals surface area contributed by atoms with Gasteiger partial charge in [0.1, 0.15) is 23.6 Å². The third-order valence-corrected chi connectivity index (χ3v) is 2.24. The van der Waals surface area contributed by atoms with E-state index in [0.29, 0.717) is 18.2 Å². The summed E-state index contributed by atoms with van der Waals surface area (Å²) in [7, 11) is 0. The van der Waals surface area contributed by atoms with Crippen molar-refractivity contribution < 1.29 is 4.52 Å². The molecule has 4 N–H and O–H groups in total. The third-order valence-electron chi connectivity index (χ3n) is 2.24. The maximum Gasteiger partial charge on any atom is 0.223 e. The summed E-state index contributed by atoms with van der Waals surface area (Å²) in [5.41, 5.74) is 6.44. The van der Waals surface area contributed by atoms with E-state index in [4.69, 9.17) is 10.3 Å². The number of hydrogen-bond donors (Lipinski definition) is 3. The topological polar surface area (TPSA) is 102 Å². The van der Waals surface area contributed by atoms with Crippen LogP contribution in [-0.2, 0) is 6.54 Å². The van der Waals surface area contributed by atoms with E-state index in [2.05, 4.69) is 32.7 Å². The summed E-state index contributed by atoms with van der Waals surface area (Å²) >= 11 is 0. The number of anilines is 3. The van der Waals surface area contributed by atoms with Crippen molar-refractivity contribution in [2.75, 3.05) is 22.9 Å². The molecule has 2 aromatic heterocycles. The highest BCUT2D eigenvalue weighted by molar-refractivity contribution is 5.51. The highest BCUT2D eigenvalue weighted by Gasteiger charge is 2.03. The first kappa shape index (κ1) is 12.2. The van der Waals surface area contributed by atoms with Crippen LogP contribution in [0.4, 0.5) is 17.6 Å². The first-order chi connectivity index (χ1) is 8.78. The van der Waals surface area contributed by atoms with Gasteiger partial charge in [-0.05, 0) is 6.42 Å². The number of nitrogen functional groups attached to an aromatic ring is 1. The second-order valence-electron chi connectivity index (χ2n) is 3.77. The Labute approximate surface area is 105 Å². The van der Waals surface area contributed by atoms with E-state index in [1.165, 1.54) is 6.26 Å². The Hall–Kier alpha value is -2.31. The molecule has 0 amide bonds. The SMILES string of the molecule is CCCNc1cc(NCc2ccon2)nc(N)n1. The summed E-state index contributed by atoms with van der Waals surface area (Å²) in [6.45, 7) is 3.46.